The molecule has 0 nitrogen and oxygen atoms in total. The van der Waals surface area contributed by atoms with E-state index >= 15 is 0 Å². The number of hydrogen-bond acceptors (Lipinski definition) is 0. The van der Waals surface area contributed by atoms with Gasteiger partial charge in [-0.1, -0.05) is 0 Å². The fraction of sp³-hybridized carbons (Fsp3) is 1.00. The van der Waals surface area contributed by atoms with Crippen LogP contribution in [0.5, 0.6) is 0 Å². The van der Waals surface area contributed by atoms with Gasteiger partial charge < -0.3 is 0 Å². The summed E-state index contributed by atoms with van der Waals surface area (Å²) in [5.74, 6) is 0. The van der Waals surface area contributed by atoms with Crippen LogP contribution in [0.2, 0.25) is 14.3 Å². The average molecular weight is 347 g/mol. The summed E-state index contributed by atoms with van der Waals surface area (Å²) in [6.45, 7) is 2.27. The Labute approximate surface area is 72.9 Å². The van der Waals surface area contributed by atoms with E-state index in [4.69, 9.17) is 0 Å². The Balaban J connectivity index is 3.07. The van der Waals surface area contributed by atoms with Crippen molar-refractivity contribution in [3.05, 3.63) is 0 Å². The Morgan fingerprint density at radius 3 is 2.11 bits per heavy atom. The van der Waals surface area contributed by atoms with Crippen LogP contribution in [0, 0.1) is 0 Å². The Kier molecular flexibility index (Phi) is 6.10. The quantitative estimate of drug-likeness (QED) is 0.412. The molecule has 0 unspecified atom stereocenters. The molecule has 0 saturated carbocycles. The molecule has 0 aromatic heterocycles. The summed E-state index contributed by atoms with van der Waals surface area (Å²) in [6, 6.07) is 0. The van der Waals surface area contributed by atoms with E-state index in [1.165, 1.54) is 19.3 Å². The number of halogens is 1. The third-order valence-electron chi connectivity index (χ3n) is 1.37. The van der Waals surface area contributed by atoms with Crippen LogP contribution >= 0.6 is 18.6 Å². The zero-order chi connectivity index (χ0) is 7.33. The maximum atomic E-state index is 2.73. The Morgan fingerprint density at radius 1 is 1.22 bits per heavy atom. The van der Waals surface area contributed by atoms with Crippen LogP contribution in [0.3, 0.4) is 0 Å². The zero-order valence-electron chi connectivity index (χ0n) is 6.71. The van der Waals surface area contributed by atoms with E-state index < -0.39 is 14.4 Å². The van der Waals surface area contributed by atoms with Gasteiger partial charge in [-0.05, 0) is 0 Å². The van der Waals surface area contributed by atoms with Crippen molar-refractivity contribution in [3.63, 3.8) is 0 Å². The molecule has 0 bridgehead atoms. The van der Waals surface area contributed by atoms with Crippen molar-refractivity contribution < 1.29 is 0 Å². The van der Waals surface area contributed by atoms with Crippen molar-refractivity contribution >= 4 is 33.0 Å². The van der Waals surface area contributed by atoms with E-state index in [0.29, 0.717) is 0 Å². The molecule has 0 aromatic rings. The second-order valence-corrected chi connectivity index (χ2v) is 34.0. The van der Waals surface area contributed by atoms with Gasteiger partial charge in [0.2, 0.25) is 0 Å². The second kappa shape index (κ2) is 5.21. The topological polar surface area (TPSA) is 0 Å². The molecule has 0 radical (unpaired) electrons. The molecule has 0 aliphatic rings. The van der Waals surface area contributed by atoms with Crippen LogP contribution < -0.4 is 0 Å². The van der Waals surface area contributed by atoms with Crippen LogP contribution in [0.4, 0.5) is 0 Å². The van der Waals surface area contributed by atoms with E-state index in [2.05, 4.69) is 35.4 Å². The van der Waals surface area contributed by atoms with Gasteiger partial charge in [0, 0.05) is 0 Å². The van der Waals surface area contributed by atoms with Crippen molar-refractivity contribution in [2.45, 2.75) is 40.5 Å². The molecule has 0 spiro atoms. The molecule has 0 heterocycles. The first-order chi connectivity index (χ1) is 4.06. The first kappa shape index (κ1) is 10.5. The minimum absolute atomic E-state index is 1.36. The van der Waals surface area contributed by atoms with Gasteiger partial charge in [0.15, 0.2) is 0 Å². The normalized spacial score (nSPS) is 12.0. The van der Waals surface area contributed by atoms with Gasteiger partial charge in [0.05, 0.1) is 0 Å². The molecule has 2 heteroatoms. The van der Waals surface area contributed by atoms with Gasteiger partial charge in [-0.3, -0.25) is 0 Å². The molecule has 0 saturated heterocycles. The molecule has 0 aliphatic carbocycles. The van der Waals surface area contributed by atoms with Crippen molar-refractivity contribution in [2.75, 3.05) is 0 Å². The molecule has 0 rings (SSSR count). The number of unbranched alkanes of at least 4 members (excludes halogenated alkanes) is 2. The summed E-state index contributed by atoms with van der Waals surface area (Å²) >= 11 is 1.36. The van der Waals surface area contributed by atoms with E-state index in [1.807, 2.05) is 0 Å². The van der Waals surface area contributed by atoms with Crippen molar-refractivity contribution in [1.29, 1.82) is 0 Å². The summed E-state index contributed by atoms with van der Waals surface area (Å²) < 4.78 is 1.57. The average Bonchev–Trinajstić information content (AvgIpc) is 1.63. The first-order valence-corrected chi connectivity index (χ1v) is 19.8. The molecule has 0 aromatic carbocycles. The van der Waals surface area contributed by atoms with Crippen LogP contribution in [-0.4, -0.2) is 14.4 Å². The van der Waals surface area contributed by atoms with Gasteiger partial charge >= 0.3 is 73.5 Å². The van der Waals surface area contributed by atoms with E-state index in [0.717, 1.165) is 0 Å². The van der Waals surface area contributed by atoms with Crippen molar-refractivity contribution in [2.24, 2.45) is 0 Å². The van der Waals surface area contributed by atoms with Gasteiger partial charge in [-0.2, -0.15) is 0 Å². The third kappa shape index (κ3) is 9.53. The molecular weight excluding hydrogens is 330 g/mol. The van der Waals surface area contributed by atoms with Crippen molar-refractivity contribution in [3.8, 4) is 0 Å². The van der Waals surface area contributed by atoms with Crippen LogP contribution in [0.25, 0.3) is 0 Å². The molecule has 0 fully saturated rings. The maximum absolute atomic E-state index is 2.73. The molecule has 9 heavy (non-hydrogen) atoms. The molecular formula is C7H17ISn. The molecule has 0 N–H and O–H groups in total. The summed E-state index contributed by atoms with van der Waals surface area (Å²) in [7, 11) is 0. The van der Waals surface area contributed by atoms with Gasteiger partial charge in [0.25, 0.3) is 0 Å². The molecule has 0 atom stereocenters. The van der Waals surface area contributed by atoms with Gasteiger partial charge in [0.1, 0.15) is 0 Å². The monoisotopic (exact) mass is 348 g/mol. The van der Waals surface area contributed by atoms with Gasteiger partial charge in [-0.25, -0.2) is 0 Å². The standard InChI is InChI=1S/C5H11.2CH3.HI.Sn/c1-3-5-4-2;;;;/h1,3-5H2,2H3;2*1H3;1H;/q;;;;+1/p-1. The Bertz CT molecular complexity index is 65.8. The predicted octanol–water partition coefficient (Wildman–Crippen LogP) is 3.82. The molecule has 0 amide bonds. The second-order valence-electron chi connectivity index (χ2n) is 3.18. The fourth-order valence-corrected chi connectivity index (χ4v) is 6.47. The van der Waals surface area contributed by atoms with E-state index in [1.54, 1.807) is 4.44 Å². The number of rotatable bonds is 4. The minimum atomic E-state index is -1.36. The van der Waals surface area contributed by atoms with Crippen molar-refractivity contribution in [1.82, 2.24) is 0 Å². The summed E-state index contributed by atoms with van der Waals surface area (Å²) in [4.78, 5) is 5.01. The zero-order valence-corrected chi connectivity index (χ0v) is 11.7. The fourth-order valence-electron chi connectivity index (χ4n) is 0.795. The SMILES string of the molecule is CCCC[CH2][Sn]([CH3])([CH3])[I]. The predicted molar refractivity (Wildman–Crippen MR) is 55.8 cm³/mol. The van der Waals surface area contributed by atoms with Crippen LogP contribution in [0.1, 0.15) is 26.2 Å². The third-order valence-corrected chi connectivity index (χ3v) is 9.40. The van der Waals surface area contributed by atoms with Crippen LogP contribution in [0.15, 0.2) is 0 Å². The molecule has 0 aliphatic heterocycles. The number of hydrogen-bond donors (Lipinski definition) is 0. The Hall–Kier alpha value is 1.53. The van der Waals surface area contributed by atoms with E-state index in [9.17, 15) is 0 Å². The first-order valence-electron chi connectivity index (χ1n) is 3.75. The van der Waals surface area contributed by atoms with Gasteiger partial charge in [-0.15, -0.1) is 0 Å². The van der Waals surface area contributed by atoms with E-state index in [-0.39, 0.29) is 0 Å². The Morgan fingerprint density at radius 2 is 1.78 bits per heavy atom. The van der Waals surface area contributed by atoms with Crippen LogP contribution in [-0.2, 0) is 0 Å². The summed E-state index contributed by atoms with van der Waals surface area (Å²) in [5, 5.41) is 0. The molecule has 56 valence electrons. The summed E-state index contributed by atoms with van der Waals surface area (Å²) in [6.07, 6.45) is 4.31. The summed E-state index contributed by atoms with van der Waals surface area (Å²) in [5.41, 5.74) is 0.